The Morgan fingerprint density at radius 3 is 3.04 bits per heavy atom. The molecule has 126 valence electrons. The molecule has 1 aromatic carbocycles. The van der Waals surface area contributed by atoms with Gasteiger partial charge in [-0.15, -0.1) is 0 Å². The molecule has 2 heterocycles. The molecule has 1 N–H and O–H groups in total. The molecule has 0 aliphatic carbocycles. The fourth-order valence-electron chi connectivity index (χ4n) is 2.51. The Kier molecular flexibility index (Phi) is 4.50. The Bertz CT molecular complexity index is 769. The van der Waals surface area contributed by atoms with Gasteiger partial charge in [-0.3, -0.25) is 9.48 Å². The topological polar surface area (TPSA) is 82.4 Å². The van der Waals surface area contributed by atoms with Crippen molar-refractivity contribution in [2.45, 2.75) is 25.9 Å². The van der Waals surface area contributed by atoms with Gasteiger partial charge in [-0.2, -0.15) is 5.10 Å². The summed E-state index contributed by atoms with van der Waals surface area (Å²) in [6.45, 7) is 1.94. The van der Waals surface area contributed by atoms with E-state index in [0.29, 0.717) is 30.0 Å². The van der Waals surface area contributed by atoms with E-state index in [1.807, 2.05) is 13.2 Å². The molecule has 0 fully saturated rings. The van der Waals surface area contributed by atoms with E-state index in [-0.39, 0.29) is 5.91 Å². The van der Waals surface area contributed by atoms with E-state index in [9.17, 15) is 9.59 Å². The second-order valence-electron chi connectivity index (χ2n) is 5.69. The van der Waals surface area contributed by atoms with Crippen molar-refractivity contribution in [2.75, 3.05) is 11.9 Å². The second-order valence-corrected chi connectivity index (χ2v) is 5.69. The van der Waals surface area contributed by atoms with Crippen molar-refractivity contribution in [2.24, 2.45) is 7.05 Å². The molecule has 24 heavy (non-hydrogen) atoms. The number of aromatic nitrogens is 2. The molecule has 7 heteroatoms. The van der Waals surface area contributed by atoms with Gasteiger partial charge in [-0.05, 0) is 37.5 Å². The largest absolute Gasteiger partial charge is 0.478 e. The summed E-state index contributed by atoms with van der Waals surface area (Å²) in [6, 6.07) is 5.01. The maximum absolute atomic E-state index is 12.3. The molecule has 1 aliphatic heterocycles. The molecule has 3 rings (SSSR count). The van der Waals surface area contributed by atoms with Gasteiger partial charge in [0.25, 0.3) is 5.91 Å². The van der Waals surface area contributed by atoms with Crippen LogP contribution in [0.4, 0.5) is 5.69 Å². The van der Waals surface area contributed by atoms with Crippen LogP contribution in [0, 0.1) is 0 Å². The first kappa shape index (κ1) is 16.0. The van der Waals surface area contributed by atoms with Crippen LogP contribution >= 0.6 is 0 Å². The molecular weight excluding hydrogens is 310 g/mol. The number of hydrogen-bond acceptors (Lipinski definition) is 5. The number of nitrogens with zero attached hydrogens (tertiary/aromatic N) is 2. The smallest absolute Gasteiger partial charge is 0.342 e. The van der Waals surface area contributed by atoms with Crippen molar-refractivity contribution in [1.29, 1.82) is 0 Å². The highest BCUT2D eigenvalue weighted by atomic mass is 16.5. The monoisotopic (exact) mass is 329 g/mol. The summed E-state index contributed by atoms with van der Waals surface area (Å²) in [5.74, 6) is -0.326. The molecule has 0 saturated carbocycles. The van der Waals surface area contributed by atoms with Gasteiger partial charge in [0.2, 0.25) is 0 Å². The van der Waals surface area contributed by atoms with E-state index in [1.54, 1.807) is 36.0 Å². The van der Waals surface area contributed by atoms with Gasteiger partial charge >= 0.3 is 5.97 Å². The van der Waals surface area contributed by atoms with Crippen molar-refractivity contribution in [3.63, 3.8) is 0 Å². The summed E-state index contributed by atoms with van der Waals surface area (Å²) in [7, 11) is 1.86. The number of para-hydroxylation sites is 1. The van der Waals surface area contributed by atoms with Gasteiger partial charge in [0, 0.05) is 13.2 Å². The number of benzene rings is 1. The van der Waals surface area contributed by atoms with Crippen molar-refractivity contribution in [3.8, 4) is 5.75 Å². The zero-order valence-corrected chi connectivity index (χ0v) is 13.6. The summed E-state index contributed by atoms with van der Waals surface area (Å²) in [5.41, 5.74) is 1.91. The van der Waals surface area contributed by atoms with Gasteiger partial charge in [-0.1, -0.05) is 6.07 Å². The lowest BCUT2D eigenvalue weighted by Gasteiger charge is -2.24. The average molecular weight is 329 g/mol. The molecular formula is C17H19N3O4. The fraction of sp³-hybridized carbons (Fsp3) is 0.353. The van der Waals surface area contributed by atoms with Crippen molar-refractivity contribution in [1.82, 2.24) is 9.78 Å². The molecule has 0 unspecified atom stereocenters. The number of anilines is 1. The minimum atomic E-state index is -0.642. The van der Waals surface area contributed by atoms with Gasteiger partial charge in [0.1, 0.15) is 5.56 Å². The molecule has 0 spiro atoms. The maximum Gasteiger partial charge on any atom is 0.342 e. The lowest BCUT2D eigenvalue weighted by molar-refractivity contribution is -0.122. The molecule has 1 amide bonds. The van der Waals surface area contributed by atoms with Crippen LogP contribution in [0.15, 0.2) is 30.6 Å². The van der Waals surface area contributed by atoms with Crippen LogP contribution in [0.3, 0.4) is 0 Å². The first-order valence-corrected chi connectivity index (χ1v) is 7.80. The molecule has 0 radical (unpaired) electrons. The zero-order valence-electron chi connectivity index (χ0n) is 13.6. The Balaban J connectivity index is 1.59. The highest BCUT2D eigenvalue weighted by molar-refractivity contribution is 6.02. The number of esters is 1. The number of fused-ring (bicyclic) bond motifs is 1. The van der Waals surface area contributed by atoms with E-state index in [4.69, 9.17) is 9.47 Å². The van der Waals surface area contributed by atoms with Crippen LogP contribution in [-0.2, 0) is 23.0 Å². The standard InChI is InChI=1S/C17H19N3O4/c1-11-16(21)19-14-7-3-6-13(15(14)24-11)17(22)23-8-4-5-12-9-18-20(2)10-12/h3,6-7,9-11H,4-5,8H2,1-2H3,(H,19,21)/t11-/m1/s1. The minimum absolute atomic E-state index is 0.232. The third-order valence-corrected chi connectivity index (χ3v) is 3.76. The number of carbonyl (C=O) groups excluding carboxylic acids is 2. The Morgan fingerprint density at radius 2 is 2.29 bits per heavy atom. The second kappa shape index (κ2) is 6.74. The van der Waals surface area contributed by atoms with Crippen molar-refractivity contribution < 1.29 is 19.1 Å². The summed E-state index contributed by atoms with van der Waals surface area (Å²) in [4.78, 5) is 23.9. The number of ether oxygens (including phenoxy) is 2. The van der Waals surface area contributed by atoms with Crippen LogP contribution in [-0.4, -0.2) is 34.4 Å². The van der Waals surface area contributed by atoms with Crippen LogP contribution in [0.2, 0.25) is 0 Å². The predicted molar refractivity (Wildman–Crippen MR) is 87.0 cm³/mol. The van der Waals surface area contributed by atoms with Crippen LogP contribution < -0.4 is 10.1 Å². The van der Waals surface area contributed by atoms with E-state index >= 15 is 0 Å². The number of amides is 1. The van der Waals surface area contributed by atoms with Crippen LogP contribution in [0.1, 0.15) is 29.3 Å². The number of rotatable bonds is 5. The van der Waals surface area contributed by atoms with Crippen molar-refractivity contribution in [3.05, 3.63) is 41.7 Å². The molecule has 0 bridgehead atoms. The minimum Gasteiger partial charge on any atom is -0.478 e. The summed E-state index contributed by atoms with van der Waals surface area (Å²) < 4.78 is 12.6. The highest BCUT2D eigenvalue weighted by Gasteiger charge is 2.28. The van der Waals surface area contributed by atoms with Crippen LogP contribution in [0.5, 0.6) is 5.75 Å². The van der Waals surface area contributed by atoms with Gasteiger partial charge in [0.05, 0.1) is 18.5 Å². The number of hydrogen-bond donors (Lipinski definition) is 1. The van der Waals surface area contributed by atoms with Gasteiger partial charge in [0.15, 0.2) is 11.9 Å². The Hall–Kier alpha value is -2.83. The van der Waals surface area contributed by atoms with Gasteiger partial charge in [-0.25, -0.2) is 4.79 Å². The van der Waals surface area contributed by atoms with E-state index < -0.39 is 12.1 Å². The average Bonchev–Trinajstić information content (AvgIpc) is 2.97. The molecule has 7 nitrogen and oxygen atoms in total. The number of nitrogens with one attached hydrogen (secondary N) is 1. The lowest BCUT2D eigenvalue weighted by atomic mass is 10.1. The quantitative estimate of drug-likeness (QED) is 0.669. The molecule has 0 saturated heterocycles. The first-order chi connectivity index (χ1) is 11.5. The molecule has 1 aliphatic rings. The predicted octanol–water partition coefficient (Wildman–Crippen LogP) is 1.93. The van der Waals surface area contributed by atoms with E-state index in [1.165, 1.54) is 0 Å². The van der Waals surface area contributed by atoms with Crippen molar-refractivity contribution >= 4 is 17.6 Å². The molecule has 1 aromatic heterocycles. The third-order valence-electron chi connectivity index (χ3n) is 3.76. The third kappa shape index (κ3) is 3.40. The molecule has 1 atom stereocenters. The fourth-order valence-corrected chi connectivity index (χ4v) is 2.51. The Morgan fingerprint density at radius 1 is 1.46 bits per heavy atom. The number of aryl methyl sites for hydroxylation is 2. The maximum atomic E-state index is 12.3. The summed E-state index contributed by atoms with van der Waals surface area (Å²) in [5, 5.41) is 6.81. The normalized spacial score (nSPS) is 16.1. The van der Waals surface area contributed by atoms with E-state index in [0.717, 1.165) is 12.0 Å². The SMILES string of the molecule is C[C@H]1Oc2c(cccc2C(=O)OCCCc2cnn(C)c2)NC1=O. The summed E-state index contributed by atoms with van der Waals surface area (Å²) in [6.07, 6.45) is 4.59. The van der Waals surface area contributed by atoms with Gasteiger partial charge < -0.3 is 14.8 Å². The van der Waals surface area contributed by atoms with E-state index in [2.05, 4.69) is 10.4 Å². The van der Waals surface area contributed by atoms with Crippen LogP contribution in [0.25, 0.3) is 0 Å². The Labute approximate surface area is 139 Å². The highest BCUT2D eigenvalue weighted by Crippen LogP contribution is 2.33. The number of carbonyl (C=O) groups is 2. The lowest BCUT2D eigenvalue weighted by Crippen LogP contribution is -2.35. The zero-order chi connectivity index (χ0) is 17.1. The summed E-state index contributed by atoms with van der Waals surface area (Å²) >= 11 is 0. The first-order valence-electron chi connectivity index (χ1n) is 7.80. The molecule has 2 aromatic rings.